The molecule has 0 bridgehead atoms. The van der Waals surface area contributed by atoms with Gasteiger partial charge in [0.25, 0.3) is 0 Å². The van der Waals surface area contributed by atoms with Crippen LogP contribution in [-0.2, 0) is 0 Å². The molecule has 0 saturated heterocycles. The summed E-state index contributed by atoms with van der Waals surface area (Å²) in [5.41, 5.74) is 0. The van der Waals surface area contributed by atoms with Gasteiger partial charge >= 0.3 is 0 Å². The summed E-state index contributed by atoms with van der Waals surface area (Å²) in [6.45, 7) is 9.63. The SMILES string of the molecule is CCNC(=S)PC(C)(C)C. The molecule has 0 amide bonds. The van der Waals surface area contributed by atoms with E-state index in [2.05, 4.69) is 33.0 Å². The van der Waals surface area contributed by atoms with Gasteiger partial charge in [-0.15, -0.1) is 0 Å². The van der Waals surface area contributed by atoms with Crippen molar-refractivity contribution in [3.63, 3.8) is 0 Å². The molecule has 3 heteroatoms. The minimum atomic E-state index is 0.346. The van der Waals surface area contributed by atoms with Crippen LogP contribution in [0.15, 0.2) is 0 Å². The summed E-state index contributed by atoms with van der Waals surface area (Å²) in [7, 11) is 0.743. The van der Waals surface area contributed by atoms with E-state index in [0.717, 1.165) is 19.9 Å². The van der Waals surface area contributed by atoms with Gasteiger partial charge < -0.3 is 5.32 Å². The lowest BCUT2D eigenvalue weighted by atomic mass is 10.3. The van der Waals surface area contributed by atoms with Crippen molar-refractivity contribution in [1.82, 2.24) is 5.32 Å². The van der Waals surface area contributed by atoms with Gasteiger partial charge in [-0.25, -0.2) is 0 Å². The molecule has 1 atom stereocenters. The van der Waals surface area contributed by atoms with Crippen LogP contribution >= 0.6 is 20.8 Å². The van der Waals surface area contributed by atoms with Crippen LogP contribution in [0, 0.1) is 0 Å². The number of nitrogens with one attached hydrogen (secondary N) is 1. The molecule has 0 aliphatic carbocycles. The molecule has 1 nitrogen and oxygen atoms in total. The molecule has 0 aromatic carbocycles. The van der Waals surface area contributed by atoms with E-state index in [9.17, 15) is 0 Å². The molecule has 0 rings (SSSR count). The van der Waals surface area contributed by atoms with Gasteiger partial charge in [0.05, 0.1) is 4.73 Å². The second kappa shape index (κ2) is 4.25. The van der Waals surface area contributed by atoms with E-state index in [4.69, 9.17) is 12.2 Å². The molecule has 0 saturated carbocycles. The highest BCUT2D eigenvalue weighted by Gasteiger charge is 2.11. The third-order valence-corrected chi connectivity index (χ3v) is 2.43. The lowest BCUT2D eigenvalue weighted by molar-refractivity contribution is 0.799. The van der Waals surface area contributed by atoms with E-state index in [1.807, 2.05) is 0 Å². The van der Waals surface area contributed by atoms with Gasteiger partial charge in [0.15, 0.2) is 0 Å². The van der Waals surface area contributed by atoms with Crippen LogP contribution in [0.1, 0.15) is 27.7 Å². The Morgan fingerprint density at radius 3 is 2.30 bits per heavy atom. The van der Waals surface area contributed by atoms with Crippen molar-refractivity contribution in [2.24, 2.45) is 0 Å². The fraction of sp³-hybridized carbons (Fsp3) is 0.857. The van der Waals surface area contributed by atoms with Gasteiger partial charge in [-0.2, -0.15) is 0 Å². The third-order valence-electron chi connectivity index (χ3n) is 0.826. The zero-order valence-electron chi connectivity index (χ0n) is 7.12. The highest BCUT2D eigenvalue weighted by atomic mass is 32.1. The van der Waals surface area contributed by atoms with Crippen LogP contribution < -0.4 is 5.32 Å². The molecule has 0 aliphatic heterocycles. The summed E-state index contributed by atoms with van der Waals surface area (Å²) in [4.78, 5) is 0. The average molecular weight is 177 g/mol. The van der Waals surface area contributed by atoms with E-state index in [1.54, 1.807) is 0 Å². The Hall–Kier alpha value is 0.320. The van der Waals surface area contributed by atoms with E-state index < -0.39 is 0 Å². The standard InChI is InChI=1S/C7H16NPS/c1-5-8-6(10)9-7(2,3)4/h9H,5H2,1-4H3,(H,8,10). The summed E-state index contributed by atoms with van der Waals surface area (Å²) in [6, 6.07) is 0. The van der Waals surface area contributed by atoms with E-state index in [0.29, 0.717) is 5.16 Å². The summed E-state index contributed by atoms with van der Waals surface area (Å²) in [6.07, 6.45) is 0. The maximum Gasteiger partial charge on any atom is 0.0956 e. The molecule has 0 heterocycles. The molecule has 1 unspecified atom stereocenters. The third kappa shape index (κ3) is 6.44. The first-order chi connectivity index (χ1) is 4.45. The van der Waals surface area contributed by atoms with Crippen molar-refractivity contribution in [3.05, 3.63) is 0 Å². The van der Waals surface area contributed by atoms with Gasteiger partial charge in [0.1, 0.15) is 0 Å². The number of rotatable bonds is 2. The Labute approximate surface area is 70.8 Å². The second-order valence-electron chi connectivity index (χ2n) is 3.23. The van der Waals surface area contributed by atoms with Crippen molar-refractivity contribution in [1.29, 1.82) is 0 Å². The molecule has 0 spiro atoms. The van der Waals surface area contributed by atoms with Gasteiger partial charge in [-0.1, -0.05) is 41.6 Å². The molecule has 60 valence electrons. The smallest absolute Gasteiger partial charge is 0.0956 e. The summed E-state index contributed by atoms with van der Waals surface area (Å²) < 4.78 is 1.01. The molecule has 0 aliphatic rings. The Kier molecular flexibility index (Phi) is 4.39. The van der Waals surface area contributed by atoms with Crippen molar-refractivity contribution in [3.8, 4) is 0 Å². The van der Waals surface area contributed by atoms with Gasteiger partial charge in [-0.05, 0) is 12.1 Å². The van der Waals surface area contributed by atoms with Gasteiger partial charge in [0.2, 0.25) is 0 Å². The monoisotopic (exact) mass is 177 g/mol. The lowest BCUT2D eigenvalue weighted by Crippen LogP contribution is -2.20. The average Bonchev–Trinajstić information content (AvgIpc) is 1.59. The topological polar surface area (TPSA) is 12.0 Å². The largest absolute Gasteiger partial charge is 0.377 e. The fourth-order valence-electron chi connectivity index (χ4n) is 0.545. The predicted octanol–water partition coefficient (Wildman–Crippen LogP) is 2.36. The van der Waals surface area contributed by atoms with Crippen LogP contribution in [0.2, 0.25) is 0 Å². The number of hydrogen-bond acceptors (Lipinski definition) is 1. The maximum absolute atomic E-state index is 5.10. The van der Waals surface area contributed by atoms with E-state index in [1.165, 1.54) is 0 Å². The lowest BCUT2D eigenvalue weighted by Gasteiger charge is -2.18. The van der Waals surface area contributed by atoms with Crippen molar-refractivity contribution < 1.29 is 0 Å². The summed E-state index contributed by atoms with van der Waals surface area (Å²) in [5, 5.41) is 3.49. The van der Waals surface area contributed by atoms with E-state index in [-0.39, 0.29) is 0 Å². The van der Waals surface area contributed by atoms with E-state index >= 15 is 0 Å². The predicted molar refractivity (Wildman–Crippen MR) is 54.3 cm³/mol. The van der Waals surface area contributed by atoms with Crippen LogP contribution in [0.5, 0.6) is 0 Å². The summed E-state index contributed by atoms with van der Waals surface area (Å²) in [5.74, 6) is 0. The molecule has 10 heavy (non-hydrogen) atoms. The van der Waals surface area contributed by atoms with Crippen molar-refractivity contribution >= 4 is 25.5 Å². The quantitative estimate of drug-likeness (QED) is 0.513. The molecule has 0 aromatic heterocycles. The maximum atomic E-state index is 5.10. The van der Waals surface area contributed by atoms with Crippen LogP contribution in [0.3, 0.4) is 0 Å². The Bertz CT molecular complexity index is 117. The highest BCUT2D eigenvalue weighted by molar-refractivity contribution is 7.93. The Balaban J connectivity index is 3.58. The molecular weight excluding hydrogens is 161 g/mol. The van der Waals surface area contributed by atoms with Crippen LogP contribution in [0.4, 0.5) is 0 Å². The first kappa shape index (κ1) is 10.3. The minimum Gasteiger partial charge on any atom is -0.377 e. The highest BCUT2D eigenvalue weighted by Crippen LogP contribution is 2.30. The zero-order valence-corrected chi connectivity index (χ0v) is 8.93. The molecule has 0 aromatic rings. The molecule has 0 radical (unpaired) electrons. The second-order valence-corrected chi connectivity index (χ2v) is 6.26. The summed E-state index contributed by atoms with van der Waals surface area (Å²) >= 11 is 5.10. The number of thiocarbonyl (C=S) groups is 1. The Morgan fingerprint density at radius 2 is 2.00 bits per heavy atom. The van der Waals surface area contributed by atoms with Gasteiger partial charge in [-0.3, -0.25) is 0 Å². The van der Waals surface area contributed by atoms with Crippen LogP contribution in [-0.4, -0.2) is 16.4 Å². The number of hydrogen-bond donors (Lipinski definition) is 1. The normalized spacial score (nSPS) is 12.4. The van der Waals surface area contributed by atoms with Gasteiger partial charge in [0, 0.05) is 6.54 Å². The minimum absolute atomic E-state index is 0.346. The van der Waals surface area contributed by atoms with Crippen molar-refractivity contribution in [2.45, 2.75) is 32.9 Å². The Morgan fingerprint density at radius 1 is 1.50 bits per heavy atom. The fourth-order valence-corrected chi connectivity index (χ4v) is 2.55. The van der Waals surface area contributed by atoms with Crippen LogP contribution in [0.25, 0.3) is 0 Å². The molecule has 1 N–H and O–H groups in total. The molecule has 0 fully saturated rings. The van der Waals surface area contributed by atoms with Crippen molar-refractivity contribution in [2.75, 3.05) is 6.54 Å². The molecular formula is C7H16NPS. The first-order valence-electron chi connectivity index (χ1n) is 3.51. The first-order valence-corrected chi connectivity index (χ1v) is 4.92. The zero-order chi connectivity index (χ0) is 8.20.